The minimum atomic E-state index is -4.34. The normalized spacial score (nSPS) is 22.5. The van der Waals surface area contributed by atoms with Crippen molar-refractivity contribution in [3.63, 3.8) is 0 Å². The molecule has 2 aromatic rings. The van der Waals surface area contributed by atoms with Crippen molar-refractivity contribution in [1.82, 2.24) is 24.9 Å². The van der Waals surface area contributed by atoms with E-state index in [1.165, 1.54) is 25.6 Å². The van der Waals surface area contributed by atoms with Gasteiger partial charge in [-0.25, -0.2) is 14.4 Å². The maximum Gasteiger partial charge on any atom is 0.403 e. The molecule has 234 valence electrons. The molecule has 42 heavy (non-hydrogen) atoms. The van der Waals surface area contributed by atoms with Gasteiger partial charge < -0.3 is 45.8 Å². The van der Waals surface area contributed by atoms with E-state index in [1.54, 1.807) is 6.92 Å². The van der Waals surface area contributed by atoms with Crippen LogP contribution in [0.25, 0.3) is 0 Å². The van der Waals surface area contributed by atoms with Crippen LogP contribution >= 0.6 is 7.75 Å². The summed E-state index contributed by atoms with van der Waals surface area (Å²) in [6.45, 7) is 0.795. The molecule has 2 aromatic heterocycles. The first-order valence-electron chi connectivity index (χ1n) is 13.1. The number of esters is 1. The second-order valence-electron chi connectivity index (χ2n) is 9.62. The molecule has 17 nitrogen and oxygen atoms in total. The Morgan fingerprint density at radius 1 is 1.31 bits per heavy atom. The Morgan fingerprint density at radius 3 is 2.71 bits per heavy atom. The summed E-state index contributed by atoms with van der Waals surface area (Å²) in [5.41, 5.74) is 5.84. The number of aliphatic hydroxyl groups is 3. The fourth-order valence-corrected chi connectivity index (χ4v) is 5.20. The third-order valence-corrected chi connectivity index (χ3v) is 7.84. The second-order valence-corrected chi connectivity index (χ2v) is 11.2. The topological polar surface area (TPSA) is 261 Å². The number of anilines is 1. The zero-order valence-electron chi connectivity index (χ0n) is 23.1. The van der Waals surface area contributed by atoms with Crippen LogP contribution < -0.4 is 21.8 Å². The highest BCUT2D eigenvalue weighted by atomic mass is 31.2. The van der Waals surface area contributed by atoms with Gasteiger partial charge in [0, 0.05) is 36.6 Å². The lowest BCUT2D eigenvalue weighted by Crippen LogP contribution is -2.37. The van der Waals surface area contributed by atoms with E-state index in [1.807, 2.05) is 0 Å². The molecule has 0 spiro atoms. The third kappa shape index (κ3) is 8.53. The number of aromatic nitrogens is 3. The number of unbranched alkanes of at least 4 members (excludes halogenated alkanes) is 1. The Hall–Kier alpha value is -2.99. The van der Waals surface area contributed by atoms with Gasteiger partial charge >= 0.3 is 19.4 Å². The van der Waals surface area contributed by atoms with E-state index in [9.17, 15) is 39.5 Å². The lowest BCUT2D eigenvalue weighted by Gasteiger charge is -2.19. The van der Waals surface area contributed by atoms with Crippen molar-refractivity contribution in [3.05, 3.63) is 45.8 Å². The zero-order valence-corrected chi connectivity index (χ0v) is 24.0. The van der Waals surface area contributed by atoms with Crippen LogP contribution in [0.3, 0.4) is 0 Å². The van der Waals surface area contributed by atoms with Crippen molar-refractivity contribution in [2.24, 2.45) is 0 Å². The van der Waals surface area contributed by atoms with Crippen LogP contribution in [0.2, 0.25) is 0 Å². The number of hydrogen-bond donors (Lipinski definition) is 8. The summed E-state index contributed by atoms with van der Waals surface area (Å²) in [5, 5.41) is 45.8. The molecule has 3 rings (SSSR count). The fourth-order valence-electron chi connectivity index (χ4n) is 4.32. The molecule has 1 saturated heterocycles. The highest BCUT2D eigenvalue weighted by Gasteiger charge is 2.45. The standard InChI is InChI=1S/C24H37N6O11P/c1-13-19(32)15(14(11-31)9-26-13)10-27-16(23(35)39-2)5-3-4-7-28-42(37,38)40-12-17-20(33)21(34)22(41-17)30-8-6-18(25)29-24(30)36/h6,8-9,16-17,20-22,27,31-34H,3-5,7,10-12H2,1-2H3,(H2,25,29,36)(H2,28,37,38). The predicted octanol–water partition coefficient (Wildman–Crippen LogP) is -1.45. The predicted molar refractivity (Wildman–Crippen MR) is 146 cm³/mol. The van der Waals surface area contributed by atoms with Crippen molar-refractivity contribution in [1.29, 1.82) is 0 Å². The molecule has 0 aromatic carbocycles. The van der Waals surface area contributed by atoms with Crippen molar-refractivity contribution >= 4 is 19.5 Å². The number of ether oxygens (including phenoxy) is 2. The summed E-state index contributed by atoms with van der Waals surface area (Å²) >= 11 is 0. The highest BCUT2D eigenvalue weighted by Crippen LogP contribution is 2.39. The Bertz CT molecular complexity index is 1330. The molecule has 1 fully saturated rings. The van der Waals surface area contributed by atoms with Crippen molar-refractivity contribution in [2.75, 3.05) is 26.0 Å². The fraction of sp³-hybridized carbons (Fsp3) is 0.583. The zero-order chi connectivity index (χ0) is 31.0. The molecular weight excluding hydrogens is 579 g/mol. The van der Waals surface area contributed by atoms with Gasteiger partial charge in [0.1, 0.15) is 35.9 Å². The van der Waals surface area contributed by atoms with Crippen LogP contribution in [-0.2, 0) is 36.5 Å². The SMILES string of the molecule is COC(=O)C(CCCCNP(=O)(O)OCC1OC(n2ccc(N)nc2=O)C(O)C1O)NCc1c(CO)cnc(C)c1O. The molecule has 1 aliphatic heterocycles. The summed E-state index contributed by atoms with van der Waals surface area (Å²) in [4.78, 5) is 42.0. The van der Waals surface area contributed by atoms with Crippen molar-refractivity contribution in [3.8, 4) is 5.75 Å². The van der Waals surface area contributed by atoms with Crippen LogP contribution in [0.4, 0.5) is 5.82 Å². The first-order valence-corrected chi connectivity index (χ1v) is 14.6. The number of nitrogens with zero attached hydrogens (tertiary/aromatic N) is 3. The van der Waals surface area contributed by atoms with Gasteiger partial charge in [0.2, 0.25) is 0 Å². The van der Waals surface area contributed by atoms with Gasteiger partial charge in [-0.05, 0) is 25.8 Å². The number of aromatic hydroxyl groups is 1. The largest absolute Gasteiger partial charge is 0.506 e. The van der Waals surface area contributed by atoms with Crippen LogP contribution in [0.5, 0.6) is 5.75 Å². The average molecular weight is 617 g/mol. The van der Waals surface area contributed by atoms with E-state index in [-0.39, 0.29) is 31.3 Å². The number of methoxy groups -OCH3 is 1. The van der Waals surface area contributed by atoms with Crippen LogP contribution in [0, 0.1) is 6.92 Å². The van der Waals surface area contributed by atoms with Crippen LogP contribution in [-0.4, -0.2) is 90.4 Å². The third-order valence-electron chi connectivity index (χ3n) is 6.72. The molecule has 6 unspecified atom stereocenters. The molecule has 9 N–H and O–H groups in total. The highest BCUT2D eigenvalue weighted by molar-refractivity contribution is 7.50. The monoisotopic (exact) mass is 616 g/mol. The van der Waals surface area contributed by atoms with Gasteiger partial charge in [-0.2, -0.15) is 4.98 Å². The molecule has 1 aliphatic rings. The molecule has 3 heterocycles. The number of carbonyl (C=O) groups is 1. The number of hydrogen-bond acceptors (Lipinski definition) is 14. The minimum Gasteiger partial charge on any atom is -0.506 e. The number of aryl methyl sites for hydroxylation is 1. The molecule has 6 atom stereocenters. The smallest absolute Gasteiger partial charge is 0.403 e. The first-order chi connectivity index (χ1) is 19.9. The summed E-state index contributed by atoms with van der Waals surface area (Å²) in [6.07, 6.45) is -1.82. The van der Waals surface area contributed by atoms with Crippen LogP contribution in [0.15, 0.2) is 23.3 Å². The summed E-state index contributed by atoms with van der Waals surface area (Å²) in [7, 11) is -3.11. The number of pyridine rings is 1. The lowest BCUT2D eigenvalue weighted by atomic mass is 10.1. The number of carbonyl (C=O) groups excluding carboxylic acids is 1. The van der Waals surface area contributed by atoms with E-state index in [0.29, 0.717) is 36.1 Å². The van der Waals surface area contributed by atoms with E-state index in [4.69, 9.17) is 19.7 Å². The number of nitrogen functional groups attached to an aromatic ring is 1. The van der Waals surface area contributed by atoms with Crippen LogP contribution in [0.1, 0.15) is 42.3 Å². The van der Waals surface area contributed by atoms with Gasteiger partial charge in [0.25, 0.3) is 0 Å². The maximum atomic E-state index is 12.4. The van der Waals surface area contributed by atoms with Gasteiger partial charge in [-0.15, -0.1) is 0 Å². The Labute approximate surface area is 240 Å². The van der Waals surface area contributed by atoms with Gasteiger partial charge in [-0.1, -0.05) is 6.42 Å². The number of nitrogens with two attached hydrogens (primary N) is 1. The number of rotatable bonds is 15. The van der Waals surface area contributed by atoms with Crippen molar-refractivity contribution in [2.45, 2.75) is 69.9 Å². The Kier molecular flexibility index (Phi) is 11.9. The average Bonchev–Trinajstić information content (AvgIpc) is 3.23. The lowest BCUT2D eigenvalue weighted by molar-refractivity contribution is -0.143. The molecule has 0 saturated carbocycles. The van der Waals surface area contributed by atoms with E-state index < -0.39 is 56.6 Å². The second kappa shape index (κ2) is 15.0. The van der Waals surface area contributed by atoms with E-state index >= 15 is 0 Å². The summed E-state index contributed by atoms with van der Waals surface area (Å²) in [6, 6.07) is 0.554. The van der Waals surface area contributed by atoms with Crippen molar-refractivity contribution < 1.29 is 48.7 Å². The van der Waals surface area contributed by atoms with Gasteiger partial charge in [0.15, 0.2) is 6.23 Å². The van der Waals surface area contributed by atoms with Gasteiger partial charge in [-0.3, -0.25) is 18.9 Å². The summed E-state index contributed by atoms with van der Waals surface area (Å²) in [5.74, 6) is -0.662. The minimum absolute atomic E-state index is 0.0342. The molecule has 0 aliphatic carbocycles. The first kappa shape index (κ1) is 33.5. The molecule has 0 bridgehead atoms. The molecular formula is C24H37N6O11P. The molecule has 0 radical (unpaired) electrons. The van der Waals surface area contributed by atoms with E-state index in [0.717, 1.165) is 4.57 Å². The Morgan fingerprint density at radius 2 is 2.05 bits per heavy atom. The van der Waals surface area contributed by atoms with Gasteiger partial charge in [0.05, 0.1) is 26.0 Å². The summed E-state index contributed by atoms with van der Waals surface area (Å²) < 4.78 is 28.7. The quantitative estimate of drug-likeness (QED) is 0.0647. The number of aliphatic hydroxyl groups excluding tert-OH is 3. The Balaban J connectivity index is 1.45. The number of nitrogens with one attached hydrogen (secondary N) is 2. The molecule has 18 heteroatoms. The molecule has 0 amide bonds. The maximum absolute atomic E-state index is 12.4. The van der Waals surface area contributed by atoms with E-state index in [2.05, 4.69) is 20.4 Å².